The van der Waals surface area contributed by atoms with Gasteiger partial charge < -0.3 is 11.1 Å². The molecule has 0 saturated carbocycles. The minimum atomic E-state index is -0.227. The van der Waals surface area contributed by atoms with Crippen LogP contribution in [-0.2, 0) is 7.05 Å². The minimum absolute atomic E-state index is 0.227. The maximum Gasteiger partial charge on any atom is 0.260 e. The molecule has 3 N–H and O–H groups in total. The topological polar surface area (TPSA) is 85.8 Å². The number of nitrogens with two attached hydrogens (primary N) is 1. The van der Waals surface area contributed by atoms with E-state index in [9.17, 15) is 4.79 Å². The Kier molecular flexibility index (Phi) is 4.36. The van der Waals surface area contributed by atoms with Gasteiger partial charge >= 0.3 is 0 Å². The molecule has 2 heterocycles. The molecule has 2 aromatic heterocycles. The number of hydrogen-bond donors (Lipinski definition) is 2. The highest BCUT2D eigenvalue weighted by Crippen LogP contribution is 2.14. The average Bonchev–Trinajstić information content (AvgIpc) is 2.70. The van der Waals surface area contributed by atoms with Crippen molar-refractivity contribution in [2.24, 2.45) is 12.8 Å². The first kappa shape index (κ1) is 14.8. The minimum Gasteiger partial charge on any atom is -0.320 e. The number of pyridine rings is 1. The summed E-state index contributed by atoms with van der Waals surface area (Å²) in [5, 5.41) is 7.00. The number of hydrogen-bond acceptors (Lipinski definition) is 4. The van der Waals surface area contributed by atoms with Gasteiger partial charge in [0.2, 0.25) is 0 Å². The number of nitrogens with zero attached hydrogens (tertiary/aromatic N) is 3. The first-order chi connectivity index (χ1) is 10.0. The van der Waals surface area contributed by atoms with Crippen LogP contribution >= 0.6 is 0 Å². The van der Waals surface area contributed by atoms with Crippen LogP contribution in [-0.4, -0.2) is 27.2 Å². The fourth-order valence-electron chi connectivity index (χ4n) is 2.00. The molecule has 2 aromatic rings. The molecule has 0 aromatic carbocycles. The lowest BCUT2D eigenvalue weighted by Crippen LogP contribution is -2.15. The van der Waals surface area contributed by atoms with Crippen molar-refractivity contribution in [3.8, 4) is 11.8 Å². The highest BCUT2D eigenvalue weighted by Gasteiger charge is 2.17. The van der Waals surface area contributed by atoms with Crippen LogP contribution in [0.4, 0.5) is 5.82 Å². The van der Waals surface area contributed by atoms with Crippen LogP contribution in [0.25, 0.3) is 0 Å². The summed E-state index contributed by atoms with van der Waals surface area (Å²) in [5.74, 6) is 5.78. The predicted octanol–water partition coefficient (Wildman–Crippen LogP) is 0.994. The van der Waals surface area contributed by atoms with Crippen molar-refractivity contribution in [1.82, 2.24) is 14.8 Å². The molecule has 0 aliphatic heterocycles. The van der Waals surface area contributed by atoms with Crippen LogP contribution in [0.15, 0.2) is 18.2 Å². The van der Waals surface area contributed by atoms with Gasteiger partial charge in [-0.15, -0.1) is 0 Å². The summed E-state index contributed by atoms with van der Waals surface area (Å²) in [6, 6.07) is 5.26. The van der Waals surface area contributed by atoms with Crippen LogP contribution < -0.4 is 11.1 Å². The lowest BCUT2D eigenvalue weighted by atomic mass is 10.2. The van der Waals surface area contributed by atoms with Gasteiger partial charge in [0.05, 0.1) is 17.8 Å². The summed E-state index contributed by atoms with van der Waals surface area (Å²) in [7, 11) is 1.81. The maximum atomic E-state index is 12.3. The van der Waals surface area contributed by atoms with Gasteiger partial charge in [-0.1, -0.05) is 12.0 Å². The molecular formula is C15H17N5O. The second-order valence-electron chi connectivity index (χ2n) is 4.54. The number of carbonyl (C=O) groups is 1. The number of aromatic nitrogens is 3. The van der Waals surface area contributed by atoms with Crippen LogP contribution in [0.5, 0.6) is 0 Å². The van der Waals surface area contributed by atoms with Gasteiger partial charge in [0, 0.05) is 12.7 Å². The first-order valence-corrected chi connectivity index (χ1v) is 6.50. The van der Waals surface area contributed by atoms with E-state index in [0.717, 1.165) is 5.69 Å². The SMILES string of the molecule is Cc1nn(C)c(C)c1C(=O)Nc1cccc(C#CCN)n1. The number of aryl methyl sites for hydroxylation is 2. The van der Waals surface area contributed by atoms with E-state index in [1.54, 1.807) is 36.9 Å². The van der Waals surface area contributed by atoms with E-state index < -0.39 is 0 Å². The molecule has 0 aliphatic carbocycles. The number of anilines is 1. The predicted molar refractivity (Wildman–Crippen MR) is 80.8 cm³/mol. The fraction of sp³-hybridized carbons (Fsp3) is 0.267. The summed E-state index contributed by atoms with van der Waals surface area (Å²) in [5.41, 5.74) is 7.96. The third-order valence-corrected chi connectivity index (χ3v) is 3.05. The van der Waals surface area contributed by atoms with Gasteiger partial charge in [0.1, 0.15) is 11.5 Å². The fourth-order valence-corrected chi connectivity index (χ4v) is 2.00. The number of rotatable bonds is 2. The summed E-state index contributed by atoms with van der Waals surface area (Å²) in [4.78, 5) is 16.6. The maximum absolute atomic E-state index is 12.3. The Morgan fingerprint density at radius 3 is 2.81 bits per heavy atom. The lowest BCUT2D eigenvalue weighted by molar-refractivity contribution is 0.102. The Bertz CT molecular complexity index is 736. The molecule has 6 heteroatoms. The molecule has 0 aliphatic rings. The van der Waals surface area contributed by atoms with E-state index in [2.05, 4.69) is 27.2 Å². The Morgan fingerprint density at radius 1 is 1.43 bits per heavy atom. The summed E-state index contributed by atoms with van der Waals surface area (Å²) in [6.45, 7) is 3.93. The zero-order valence-electron chi connectivity index (χ0n) is 12.3. The van der Waals surface area contributed by atoms with Crippen molar-refractivity contribution in [3.05, 3.63) is 40.8 Å². The standard InChI is InChI=1S/C15H17N5O/c1-10-14(11(2)20(3)19-10)15(21)18-13-8-4-6-12(17-13)7-5-9-16/h4,6,8H,9,16H2,1-3H3,(H,17,18,21). The lowest BCUT2D eigenvalue weighted by Gasteiger charge is -2.05. The van der Waals surface area contributed by atoms with Gasteiger partial charge in [0.15, 0.2) is 0 Å². The van der Waals surface area contributed by atoms with E-state index in [4.69, 9.17) is 5.73 Å². The molecule has 6 nitrogen and oxygen atoms in total. The van der Waals surface area contributed by atoms with Crippen molar-refractivity contribution >= 4 is 11.7 Å². The number of nitrogens with one attached hydrogen (secondary N) is 1. The van der Waals surface area contributed by atoms with Crippen LogP contribution in [0.2, 0.25) is 0 Å². The molecule has 0 saturated heterocycles. The number of amides is 1. The van der Waals surface area contributed by atoms with Crippen molar-refractivity contribution < 1.29 is 4.79 Å². The van der Waals surface area contributed by atoms with Crippen LogP contribution in [0.3, 0.4) is 0 Å². The highest BCUT2D eigenvalue weighted by atomic mass is 16.1. The third-order valence-electron chi connectivity index (χ3n) is 3.05. The molecule has 21 heavy (non-hydrogen) atoms. The largest absolute Gasteiger partial charge is 0.320 e. The molecule has 1 amide bonds. The molecule has 0 bridgehead atoms. The molecule has 0 unspecified atom stereocenters. The Hall–Kier alpha value is -2.65. The highest BCUT2D eigenvalue weighted by molar-refractivity contribution is 6.05. The van der Waals surface area contributed by atoms with Crippen molar-refractivity contribution in [1.29, 1.82) is 0 Å². The van der Waals surface area contributed by atoms with Gasteiger partial charge in [0.25, 0.3) is 5.91 Å². The normalized spacial score (nSPS) is 9.90. The van der Waals surface area contributed by atoms with E-state index in [0.29, 0.717) is 22.8 Å². The molecule has 108 valence electrons. The van der Waals surface area contributed by atoms with E-state index >= 15 is 0 Å². The van der Waals surface area contributed by atoms with Gasteiger partial charge in [-0.3, -0.25) is 9.48 Å². The zero-order chi connectivity index (χ0) is 15.4. The summed E-state index contributed by atoms with van der Waals surface area (Å²) >= 11 is 0. The molecule has 0 atom stereocenters. The van der Waals surface area contributed by atoms with Crippen LogP contribution in [0, 0.1) is 25.7 Å². The van der Waals surface area contributed by atoms with Crippen LogP contribution in [0.1, 0.15) is 27.4 Å². The summed E-state index contributed by atoms with van der Waals surface area (Å²) in [6.07, 6.45) is 0. The van der Waals surface area contributed by atoms with Gasteiger partial charge in [-0.25, -0.2) is 4.98 Å². The quantitative estimate of drug-likeness (QED) is 0.805. The van der Waals surface area contributed by atoms with E-state index in [-0.39, 0.29) is 12.5 Å². The number of carbonyl (C=O) groups excluding carboxylic acids is 1. The monoisotopic (exact) mass is 283 g/mol. The van der Waals surface area contributed by atoms with Gasteiger partial charge in [-0.2, -0.15) is 5.10 Å². The average molecular weight is 283 g/mol. The smallest absolute Gasteiger partial charge is 0.260 e. The Morgan fingerprint density at radius 2 is 2.19 bits per heavy atom. The second kappa shape index (κ2) is 6.20. The van der Waals surface area contributed by atoms with E-state index in [1.807, 2.05) is 6.92 Å². The van der Waals surface area contributed by atoms with E-state index in [1.165, 1.54) is 0 Å². The zero-order valence-corrected chi connectivity index (χ0v) is 12.3. The molecule has 2 rings (SSSR count). The molecular weight excluding hydrogens is 266 g/mol. The molecule has 0 radical (unpaired) electrons. The second-order valence-corrected chi connectivity index (χ2v) is 4.54. The van der Waals surface area contributed by atoms with Crippen molar-refractivity contribution in [2.75, 3.05) is 11.9 Å². The van der Waals surface area contributed by atoms with Crippen molar-refractivity contribution in [3.63, 3.8) is 0 Å². The first-order valence-electron chi connectivity index (χ1n) is 6.50. The summed E-state index contributed by atoms with van der Waals surface area (Å²) < 4.78 is 1.68. The molecule has 0 fully saturated rings. The Balaban J connectivity index is 2.24. The molecule has 0 spiro atoms. The van der Waals surface area contributed by atoms with Gasteiger partial charge in [-0.05, 0) is 31.9 Å². The Labute approximate surface area is 123 Å². The van der Waals surface area contributed by atoms with Crippen molar-refractivity contribution in [2.45, 2.75) is 13.8 Å². The third kappa shape index (κ3) is 3.27.